The summed E-state index contributed by atoms with van der Waals surface area (Å²) < 4.78 is 0. The van der Waals surface area contributed by atoms with Crippen LogP contribution in [0.25, 0.3) is 0 Å². The molecule has 2 nitrogen and oxygen atoms in total. The van der Waals surface area contributed by atoms with Crippen LogP contribution in [0.15, 0.2) is 0 Å². The summed E-state index contributed by atoms with van der Waals surface area (Å²) in [7, 11) is 1.93. The average molecular weight is 134 g/mol. The topological polar surface area (TPSA) is 38.0 Å². The number of thioether (sulfide) groups is 1. The maximum absolute atomic E-state index is 5.58. The van der Waals surface area contributed by atoms with Crippen LogP contribution in [-0.4, -0.2) is 18.3 Å². The Balaban J connectivity index is 2.86. The predicted octanol–water partition coefficient (Wildman–Crippen LogP) is 0.591. The molecule has 0 saturated carbocycles. The van der Waals surface area contributed by atoms with Gasteiger partial charge in [-0.15, -0.1) is 11.8 Å². The molecule has 0 radical (unpaired) electrons. The highest BCUT2D eigenvalue weighted by atomic mass is 32.2. The fourth-order valence-electron chi connectivity index (χ4n) is 0.308. The zero-order chi connectivity index (χ0) is 6.41. The second-order valence-electron chi connectivity index (χ2n) is 1.61. The lowest BCUT2D eigenvalue weighted by atomic mass is 10.5. The van der Waals surface area contributed by atoms with Crippen LogP contribution in [0, 0.1) is 0 Å². The Kier molecular flexibility index (Phi) is 5.59. The minimum absolute atomic E-state index is 0.308. The molecule has 0 amide bonds. The van der Waals surface area contributed by atoms with Crippen molar-refractivity contribution in [1.82, 2.24) is 5.32 Å². The van der Waals surface area contributed by atoms with Gasteiger partial charge in [-0.05, 0) is 13.5 Å². The third-order valence-corrected chi connectivity index (χ3v) is 2.06. The van der Waals surface area contributed by atoms with Crippen molar-refractivity contribution in [2.45, 2.75) is 18.7 Å². The van der Waals surface area contributed by atoms with E-state index in [0.29, 0.717) is 5.37 Å². The first-order valence-corrected chi connectivity index (χ1v) is 3.88. The Morgan fingerprint density at radius 1 is 1.75 bits per heavy atom. The van der Waals surface area contributed by atoms with Gasteiger partial charge in [-0.3, -0.25) is 0 Å². The van der Waals surface area contributed by atoms with Crippen LogP contribution in [0.4, 0.5) is 0 Å². The smallest absolute Gasteiger partial charge is 0.0517 e. The predicted molar refractivity (Wildman–Crippen MR) is 39.8 cm³/mol. The molecule has 1 unspecified atom stereocenters. The number of rotatable bonds is 4. The molecule has 0 heterocycles. The largest absolute Gasteiger partial charge is 0.319 e. The first-order valence-electron chi connectivity index (χ1n) is 2.83. The molecule has 0 saturated heterocycles. The van der Waals surface area contributed by atoms with Crippen molar-refractivity contribution < 1.29 is 0 Å². The van der Waals surface area contributed by atoms with Gasteiger partial charge >= 0.3 is 0 Å². The minimum atomic E-state index is 0.308. The molecule has 0 rings (SSSR count). The van der Waals surface area contributed by atoms with Crippen molar-refractivity contribution in [3.8, 4) is 0 Å². The Morgan fingerprint density at radius 3 is 2.75 bits per heavy atom. The fourth-order valence-corrected chi connectivity index (χ4v) is 0.925. The summed E-state index contributed by atoms with van der Waals surface area (Å²) in [4.78, 5) is 0. The zero-order valence-electron chi connectivity index (χ0n) is 5.48. The summed E-state index contributed by atoms with van der Waals surface area (Å²) in [5, 5.41) is 3.32. The second kappa shape index (κ2) is 5.41. The van der Waals surface area contributed by atoms with Gasteiger partial charge in [-0.1, -0.05) is 6.92 Å². The summed E-state index contributed by atoms with van der Waals surface area (Å²) in [6.07, 6.45) is 1.05. The van der Waals surface area contributed by atoms with Crippen LogP contribution >= 0.6 is 11.8 Å². The van der Waals surface area contributed by atoms with E-state index in [2.05, 4.69) is 12.2 Å². The Hall–Kier alpha value is 0.270. The lowest BCUT2D eigenvalue weighted by Gasteiger charge is -2.05. The standard InChI is InChI=1S/C5H14N2S/c1-3-5(6)8-4-7-2/h5,7H,3-4,6H2,1-2H3. The Bertz CT molecular complexity index is 49.7. The molecular weight excluding hydrogens is 120 g/mol. The summed E-state index contributed by atoms with van der Waals surface area (Å²) in [6.45, 7) is 2.09. The van der Waals surface area contributed by atoms with E-state index < -0.39 is 0 Å². The minimum Gasteiger partial charge on any atom is -0.319 e. The van der Waals surface area contributed by atoms with Crippen LogP contribution in [0.3, 0.4) is 0 Å². The van der Waals surface area contributed by atoms with Gasteiger partial charge in [0.2, 0.25) is 0 Å². The lowest BCUT2D eigenvalue weighted by Crippen LogP contribution is -2.17. The Morgan fingerprint density at radius 2 is 2.38 bits per heavy atom. The third-order valence-electron chi connectivity index (χ3n) is 0.844. The zero-order valence-corrected chi connectivity index (χ0v) is 6.29. The van der Waals surface area contributed by atoms with E-state index in [1.165, 1.54) is 0 Å². The number of nitrogens with two attached hydrogens (primary N) is 1. The summed E-state index contributed by atoms with van der Waals surface area (Å²) >= 11 is 1.74. The average Bonchev–Trinajstić information content (AvgIpc) is 1.83. The molecule has 0 spiro atoms. The molecule has 0 aliphatic rings. The van der Waals surface area contributed by atoms with Crippen LogP contribution in [0.5, 0.6) is 0 Å². The third kappa shape index (κ3) is 4.43. The van der Waals surface area contributed by atoms with Crippen LogP contribution in [0.1, 0.15) is 13.3 Å². The highest BCUT2D eigenvalue weighted by Gasteiger charge is 1.94. The molecule has 1 atom stereocenters. The van der Waals surface area contributed by atoms with Gasteiger partial charge in [0.05, 0.1) is 5.37 Å². The highest BCUT2D eigenvalue weighted by molar-refractivity contribution is 7.99. The maximum atomic E-state index is 5.58. The SMILES string of the molecule is CCC(N)SCNC. The molecular formula is C5H14N2S. The van der Waals surface area contributed by atoms with E-state index in [9.17, 15) is 0 Å². The molecule has 3 heteroatoms. The van der Waals surface area contributed by atoms with Crippen molar-refractivity contribution in [2.75, 3.05) is 12.9 Å². The summed E-state index contributed by atoms with van der Waals surface area (Å²) in [5.41, 5.74) is 5.58. The van der Waals surface area contributed by atoms with Crippen molar-refractivity contribution in [3.05, 3.63) is 0 Å². The maximum Gasteiger partial charge on any atom is 0.0517 e. The number of hydrogen-bond donors (Lipinski definition) is 2. The van der Waals surface area contributed by atoms with Crippen molar-refractivity contribution in [3.63, 3.8) is 0 Å². The first-order chi connectivity index (χ1) is 3.81. The molecule has 0 bridgehead atoms. The molecule has 0 aromatic rings. The van der Waals surface area contributed by atoms with Crippen LogP contribution in [-0.2, 0) is 0 Å². The normalized spacial score (nSPS) is 13.9. The van der Waals surface area contributed by atoms with Crippen LogP contribution < -0.4 is 11.1 Å². The molecule has 0 aromatic carbocycles. The summed E-state index contributed by atoms with van der Waals surface area (Å²) in [6, 6.07) is 0. The number of nitrogens with one attached hydrogen (secondary N) is 1. The lowest BCUT2D eigenvalue weighted by molar-refractivity contribution is 0.859. The van der Waals surface area contributed by atoms with Gasteiger partial charge in [-0.25, -0.2) is 0 Å². The van der Waals surface area contributed by atoms with E-state index in [0.717, 1.165) is 12.3 Å². The number of hydrogen-bond acceptors (Lipinski definition) is 3. The van der Waals surface area contributed by atoms with E-state index in [1.807, 2.05) is 7.05 Å². The second-order valence-corrected chi connectivity index (χ2v) is 2.84. The monoisotopic (exact) mass is 134 g/mol. The van der Waals surface area contributed by atoms with E-state index in [4.69, 9.17) is 5.73 Å². The summed E-state index contributed by atoms with van der Waals surface area (Å²) in [5.74, 6) is 0.953. The molecule has 3 N–H and O–H groups in total. The molecule has 8 heavy (non-hydrogen) atoms. The van der Waals surface area contributed by atoms with Gasteiger partial charge in [-0.2, -0.15) is 0 Å². The van der Waals surface area contributed by atoms with E-state index >= 15 is 0 Å². The van der Waals surface area contributed by atoms with Crippen molar-refractivity contribution >= 4 is 11.8 Å². The highest BCUT2D eigenvalue weighted by Crippen LogP contribution is 2.04. The Labute approximate surface area is 55.2 Å². The molecule has 0 aromatic heterocycles. The molecule has 0 fully saturated rings. The quantitative estimate of drug-likeness (QED) is 0.553. The molecule has 0 aliphatic carbocycles. The molecule has 0 aliphatic heterocycles. The van der Waals surface area contributed by atoms with Crippen LogP contribution in [0.2, 0.25) is 0 Å². The van der Waals surface area contributed by atoms with Gasteiger partial charge < -0.3 is 11.1 Å². The van der Waals surface area contributed by atoms with Gasteiger partial charge in [0.1, 0.15) is 0 Å². The van der Waals surface area contributed by atoms with E-state index in [-0.39, 0.29) is 0 Å². The van der Waals surface area contributed by atoms with Crippen molar-refractivity contribution in [2.24, 2.45) is 5.73 Å². The molecule has 50 valence electrons. The fraction of sp³-hybridized carbons (Fsp3) is 1.00. The van der Waals surface area contributed by atoms with Crippen molar-refractivity contribution in [1.29, 1.82) is 0 Å². The van der Waals surface area contributed by atoms with Gasteiger partial charge in [0.25, 0.3) is 0 Å². The van der Waals surface area contributed by atoms with Gasteiger partial charge in [0.15, 0.2) is 0 Å². The van der Waals surface area contributed by atoms with Gasteiger partial charge in [0, 0.05) is 5.88 Å². The first kappa shape index (κ1) is 8.27. The van der Waals surface area contributed by atoms with E-state index in [1.54, 1.807) is 11.8 Å².